The molecule has 17 heavy (non-hydrogen) atoms. The molecule has 0 aliphatic carbocycles. The lowest BCUT2D eigenvalue weighted by atomic mass is 10.2. The smallest absolute Gasteiger partial charge is 0.345 e. The molecule has 1 heterocycles. The molecule has 2 aromatic rings. The third-order valence-corrected chi connectivity index (χ3v) is 2.20. The van der Waals surface area contributed by atoms with Crippen molar-refractivity contribution in [1.82, 2.24) is 4.98 Å². The molecule has 0 amide bonds. The van der Waals surface area contributed by atoms with Crippen molar-refractivity contribution in [2.45, 2.75) is 19.8 Å². The second-order valence-corrected chi connectivity index (χ2v) is 3.58. The minimum absolute atomic E-state index is 0.141. The number of aromatic nitrogens is 1. The molecule has 88 valence electrons. The first-order valence-corrected chi connectivity index (χ1v) is 5.51. The highest BCUT2D eigenvalue weighted by molar-refractivity contribution is 5.90. The number of aryl methyl sites for hydroxylation is 1. The summed E-state index contributed by atoms with van der Waals surface area (Å²) in [5, 5.41) is 0. The van der Waals surface area contributed by atoms with Gasteiger partial charge in [-0.05, 0) is 18.6 Å². The maximum absolute atomic E-state index is 11.7. The van der Waals surface area contributed by atoms with Gasteiger partial charge in [0.15, 0.2) is 5.89 Å². The lowest BCUT2D eigenvalue weighted by molar-refractivity contribution is 0.0691. The summed E-state index contributed by atoms with van der Waals surface area (Å²) in [7, 11) is 0. The van der Waals surface area contributed by atoms with E-state index in [4.69, 9.17) is 9.15 Å². The zero-order valence-corrected chi connectivity index (χ0v) is 9.55. The van der Waals surface area contributed by atoms with Crippen LogP contribution < -0.4 is 4.74 Å². The Labute approximate surface area is 99.2 Å². The van der Waals surface area contributed by atoms with E-state index in [9.17, 15) is 4.79 Å². The van der Waals surface area contributed by atoms with Crippen LogP contribution in [0.3, 0.4) is 0 Å². The molecule has 4 nitrogen and oxygen atoms in total. The first kappa shape index (κ1) is 11.4. The van der Waals surface area contributed by atoms with E-state index in [-0.39, 0.29) is 5.95 Å². The predicted octanol–water partition coefficient (Wildman–Crippen LogP) is 2.85. The van der Waals surface area contributed by atoms with Gasteiger partial charge < -0.3 is 9.15 Å². The number of rotatable bonds is 4. The Morgan fingerprint density at radius 2 is 2.12 bits per heavy atom. The van der Waals surface area contributed by atoms with Gasteiger partial charge in [-0.3, -0.25) is 0 Å². The normalized spacial score (nSPS) is 10.2. The van der Waals surface area contributed by atoms with Gasteiger partial charge in [0.05, 0.1) is 5.56 Å². The summed E-state index contributed by atoms with van der Waals surface area (Å²) in [6.45, 7) is 2.03. The summed E-state index contributed by atoms with van der Waals surface area (Å²) in [6, 6.07) is 8.76. The molecule has 0 fully saturated rings. The number of ether oxygens (including phenoxy) is 1. The number of hydrogen-bond acceptors (Lipinski definition) is 4. The third kappa shape index (κ3) is 2.93. The largest absolute Gasteiger partial charge is 0.410 e. The van der Waals surface area contributed by atoms with Crippen LogP contribution >= 0.6 is 0 Å². The zero-order valence-electron chi connectivity index (χ0n) is 9.55. The standard InChI is InChI=1S/C13H13NO3/c1-2-6-11-14-9-12(16-11)17-13(15)10-7-4-3-5-8-10/h3-5,7-9H,2,6H2,1H3. The van der Waals surface area contributed by atoms with Gasteiger partial charge in [0.1, 0.15) is 6.20 Å². The molecule has 0 unspecified atom stereocenters. The Hall–Kier alpha value is -2.10. The first-order valence-electron chi connectivity index (χ1n) is 5.51. The van der Waals surface area contributed by atoms with Gasteiger partial charge in [-0.2, -0.15) is 0 Å². The van der Waals surface area contributed by atoms with E-state index < -0.39 is 5.97 Å². The number of esters is 1. The van der Waals surface area contributed by atoms with Crippen LogP contribution in [0.15, 0.2) is 40.9 Å². The second-order valence-electron chi connectivity index (χ2n) is 3.58. The number of hydrogen-bond donors (Lipinski definition) is 0. The Balaban J connectivity index is 2.03. The van der Waals surface area contributed by atoms with Gasteiger partial charge in [0.25, 0.3) is 0 Å². The van der Waals surface area contributed by atoms with Crippen LogP contribution in [0.1, 0.15) is 29.6 Å². The van der Waals surface area contributed by atoms with Crippen molar-refractivity contribution in [3.63, 3.8) is 0 Å². The quantitative estimate of drug-likeness (QED) is 0.759. The van der Waals surface area contributed by atoms with Gasteiger partial charge in [0.2, 0.25) is 0 Å². The van der Waals surface area contributed by atoms with Gasteiger partial charge in [-0.25, -0.2) is 9.78 Å². The number of carbonyl (C=O) groups excluding carboxylic acids is 1. The van der Waals surface area contributed by atoms with Gasteiger partial charge >= 0.3 is 11.9 Å². The molecule has 0 radical (unpaired) electrons. The topological polar surface area (TPSA) is 52.3 Å². The highest BCUT2D eigenvalue weighted by Crippen LogP contribution is 2.15. The maximum atomic E-state index is 11.7. The molecule has 0 spiro atoms. The van der Waals surface area contributed by atoms with E-state index >= 15 is 0 Å². The Kier molecular flexibility index (Phi) is 3.55. The first-order chi connectivity index (χ1) is 8.29. The lowest BCUT2D eigenvalue weighted by Crippen LogP contribution is -2.07. The van der Waals surface area contributed by atoms with E-state index in [1.54, 1.807) is 24.3 Å². The summed E-state index contributed by atoms with van der Waals surface area (Å²) < 4.78 is 10.3. The molecule has 0 aliphatic rings. The molecule has 0 aliphatic heterocycles. The van der Waals surface area contributed by atoms with Gasteiger partial charge in [-0.15, -0.1) is 0 Å². The van der Waals surface area contributed by atoms with Crippen molar-refractivity contribution in [2.75, 3.05) is 0 Å². The van der Waals surface area contributed by atoms with Crippen LogP contribution in [0.2, 0.25) is 0 Å². The number of oxazole rings is 1. The van der Waals surface area contributed by atoms with E-state index in [1.165, 1.54) is 6.20 Å². The van der Waals surface area contributed by atoms with Crippen LogP contribution in [0.5, 0.6) is 5.95 Å². The monoisotopic (exact) mass is 231 g/mol. The summed E-state index contributed by atoms with van der Waals surface area (Å²) >= 11 is 0. The molecule has 0 saturated carbocycles. The second kappa shape index (κ2) is 5.30. The average Bonchev–Trinajstić information content (AvgIpc) is 2.78. The van der Waals surface area contributed by atoms with Crippen molar-refractivity contribution in [1.29, 1.82) is 0 Å². The fourth-order valence-corrected chi connectivity index (χ4v) is 1.39. The van der Waals surface area contributed by atoms with Gasteiger partial charge in [-0.1, -0.05) is 25.1 Å². The Morgan fingerprint density at radius 3 is 2.82 bits per heavy atom. The summed E-state index contributed by atoms with van der Waals surface area (Å²) in [5.74, 6) is 0.287. The summed E-state index contributed by atoms with van der Waals surface area (Å²) in [4.78, 5) is 15.7. The Bertz CT molecular complexity index is 490. The van der Waals surface area contributed by atoms with Crippen LogP contribution in [0.4, 0.5) is 0 Å². The van der Waals surface area contributed by atoms with E-state index in [0.29, 0.717) is 11.5 Å². The predicted molar refractivity (Wildman–Crippen MR) is 61.9 cm³/mol. The molecule has 0 saturated heterocycles. The molecule has 4 heteroatoms. The number of nitrogens with zero attached hydrogens (tertiary/aromatic N) is 1. The maximum Gasteiger partial charge on any atom is 0.345 e. The van der Waals surface area contributed by atoms with Crippen molar-refractivity contribution >= 4 is 5.97 Å². The number of carbonyl (C=O) groups is 1. The molecule has 0 N–H and O–H groups in total. The van der Waals surface area contributed by atoms with E-state index in [2.05, 4.69) is 4.98 Å². The van der Waals surface area contributed by atoms with Crippen molar-refractivity contribution in [2.24, 2.45) is 0 Å². The van der Waals surface area contributed by atoms with Gasteiger partial charge in [0, 0.05) is 6.42 Å². The average molecular weight is 231 g/mol. The SMILES string of the molecule is CCCc1ncc(OC(=O)c2ccccc2)o1. The van der Waals surface area contributed by atoms with Crippen LogP contribution in [-0.4, -0.2) is 11.0 Å². The highest BCUT2D eigenvalue weighted by Gasteiger charge is 2.11. The fraction of sp³-hybridized carbons (Fsp3) is 0.231. The summed E-state index contributed by atoms with van der Waals surface area (Å²) in [5.41, 5.74) is 0.487. The van der Waals surface area contributed by atoms with Crippen molar-refractivity contribution in [3.05, 3.63) is 48.0 Å². The minimum atomic E-state index is -0.440. The van der Waals surface area contributed by atoms with E-state index in [1.807, 2.05) is 13.0 Å². The molecular weight excluding hydrogens is 218 g/mol. The molecular formula is C13H13NO3. The molecule has 1 aromatic heterocycles. The zero-order chi connectivity index (χ0) is 12.1. The molecule has 0 bridgehead atoms. The lowest BCUT2D eigenvalue weighted by Gasteiger charge is -1.99. The van der Waals surface area contributed by atoms with Crippen LogP contribution in [0, 0.1) is 0 Å². The third-order valence-electron chi connectivity index (χ3n) is 2.20. The number of benzene rings is 1. The highest BCUT2D eigenvalue weighted by atomic mass is 16.6. The molecule has 1 aromatic carbocycles. The molecule has 2 rings (SSSR count). The molecule has 0 atom stereocenters. The van der Waals surface area contributed by atoms with Crippen LogP contribution in [0.25, 0.3) is 0 Å². The van der Waals surface area contributed by atoms with Crippen molar-refractivity contribution < 1.29 is 13.9 Å². The van der Waals surface area contributed by atoms with Crippen molar-refractivity contribution in [3.8, 4) is 5.95 Å². The fourth-order valence-electron chi connectivity index (χ4n) is 1.39. The minimum Gasteiger partial charge on any atom is -0.410 e. The van der Waals surface area contributed by atoms with E-state index in [0.717, 1.165) is 12.8 Å². The Morgan fingerprint density at radius 1 is 1.35 bits per heavy atom. The summed E-state index contributed by atoms with van der Waals surface area (Å²) in [6.07, 6.45) is 3.10. The van der Waals surface area contributed by atoms with Crippen LogP contribution in [-0.2, 0) is 6.42 Å².